The molecule has 0 spiro atoms. The lowest BCUT2D eigenvalue weighted by Crippen LogP contribution is -2.17. The monoisotopic (exact) mass is 315 g/mol. The second-order valence-electron chi connectivity index (χ2n) is 4.86. The Kier molecular flexibility index (Phi) is 4.23. The highest BCUT2D eigenvalue weighted by Crippen LogP contribution is 2.29. The van der Waals surface area contributed by atoms with Crippen molar-refractivity contribution < 1.29 is 23.5 Å². The van der Waals surface area contributed by atoms with Gasteiger partial charge in [-0.2, -0.15) is 0 Å². The first kappa shape index (κ1) is 15.0. The van der Waals surface area contributed by atoms with Crippen LogP contribution in [0.4, 0.5) is 4.39 Å². The van der Waals surface area contributed by atoms with E-state index in [9.17, 15) is 9.18 Å². The molecule has 2 aromatic carbocycles. The maximum atomic E-state index is 13.5. The van der Waals surface area contributed by atoms with Crippen LogP contribution in [0, 0.1) is 5.82 Å². The van der Waals surface area contributed by atoms with Crippen molar-refractivity contribution in [3.8, 4) is 11.5 Å². The van der Waals surface area contributed by atoms with Gasteiger partial charge in [0.05, 0.1) is 25.0 Å². The van der Waals surface area contributed by atoms with Crippen LogP contribution < -0.4 is 9.47 Å². The molecule has 0 fully saturated rings. The summed E-state index contributed by atoms with van der Waals surface area (Å²) in [7, 11) is 1.57. The number of hydrogen-bond donors (Lipinski definition) is 0. The van der Waals surface area contributed by atoms with Gasteiger partial charge in [0.15, 0.2) is 0 Å². The molecule has 0 saturated carbocycles. The molecule has 0 unspecified atom stereocenters. The zero-order chi connectivity index (χ0) is 16.2. The van der Waals surface area contributed by atoms with Gasteiger partial charge in [0.1, 0.15) is 17.3 Å². The van der Waals surface area contributed by atoms with Crippen LogP contribution in [0.3, 0.4) is 0 Å². The molecule has 1 aliphatic rings. The third-order valence-electron chi connectivity index (χ3n) is 3.43. The van der Waals surface area contributed by atoms with Gasteiger partial charge in [-0.3, -0.25) is 0 Å². The van der Waals surface area contributed by atoms with Gasteiger partial charge >= 0.3 is 5.97 Å². The van der Waals surface area contributed by atoms with Crippen molar-refractivity contribution in [3.63, 3.8) is 0 Å². The van der Waals surface area contributed by atoms with E-state index < -0.39 is 11.8 Å². The Morgan fingerprint density at radius 3 is 2.87 bits per heavy atom. The molecule has 0 bridgehead atoms. The van der Waals surface area contributed by atoms with Crippen LogP contribution in [0.5, 0.6) is 11.5 Å². The Morgan fingerprint density at radius 1 is 1.26 bits per heavy atom. The SMILES string of the molecule is COc1ccc2c(c1)OCC/C2=N\OC(=O)c1ccccc1F. The summed E-state index contributed by atoms with van der Waals surface area (Å²) in [6, 6.07) is 10.9. The summed E-state index contributed by atoms with van der Waals surface area (Å²) in [6.07, 6.45) is 0.490. The number of nitrogens with zero attached hydrogens (tertiary/aromatic N) is 1. The smallest absolute Gasteiger partial charge is 0.368 e. The molecule has 23 heavy (non-hydrogen) atoms. The third kappa shape index (κ3) is 3.15. The zero-order valence-electron chi connectivity index (χ0n) is 12.4. The average molecular weight is 315 g/mol. The van der Waals surface area contributed by atoms with Crippen LogP contribution in [0.2, 0.25) is 0 Å². The first-order chi connectivity index (χ1) is 11.2. The van der Waals surface area contributed by atoms with Gasteiger partial charge in [-0.05, 0) is 24.3 Å². The van der Waals surface area contributed by atoms with E-state index in [1.165, 1.54) is 18.2 Å². The highest BCUT2D eigenvalue weighted by atomic mass is 19.1. The fourth-order valence-electron chi connectivity index (χ4n) is 2.25. The molecule has 0 aromatic heterocycles. The minimum absolute atomic E-state index is 0.154. The first-order valence-electron chi connectivity index (χ1n) is 7.03. The van der Waals surface area contributed by atoms with Gasteiger partial charge in [0, 0.05) is 18.1 Å². The molecule has 0 saturated heterocycles. The first-order valence-corrected chi connectivity index (χ1v) is 7.03. The Morgan fingerprint density at radius 2 is 2.09 bits per heavy atom. The number of carbonyl (C=O) groups excluding carboxylic acids is 1. The second kappa shape index (κ2) is 6.48. The van der Waals surface area contributed by atoms with Crippen molar-refractivity contribution in [1.29, 1.82) is 0 Å². The number of carbonyl (C=O) groups is 1. The lowest BCUT2D eigenvalue weighted by atomic mass is 10.0. The molecule has 0 atom stereocenters. The van der Waals surface area contributed by atoms with Gasteiger partial charge in [-0.1, -0.05) is 17.3 Å². The van der Waals surface area contributed by atoms with E-state index >= 15 is 0 Å². The fraction of sp³-hybridized carbons (Fsp3) is 0.176. The number of hydrogen-bond acceptors (Lipinski definition) is 5. The number of fused-ring (bicyclic) bond motifs is 1. The minimum atomic E-state index is -0.836. The van der Waals surface area contributed by atoms with E-state index in [4.69, 9.17) is 14.3 Å². The van der Waals surface area contributed by atoms with E-state index in [1.807, 2.05) is 0 Å². The molecule has 0 N–H and O–H groups in total. The molecular weight excluding hydrogens is 301 g/mol. The quantitative estimate of drug-likeness (QED) is 0.645. The van der Waals surface area contributed by atoms with Crippen LogP contribution in [0.15, 0.2) is 47.6 Å². The van der Waals surface area contributed by atoms with Crippen LogP contribution in [-0.2, 0) is 4.84 Å². The predicted octanol–water partition coefficient (Wildman–Crippen LogP) is 3.18. The van der Waals surface area contributed by atoms with Gasteiger partial charge in [-0.25, -0.2) is 9.18 Å². The number of oxime groups is 1. The maximum absolute atomic E-state index is 13.5. The summed E-state index contributed by atoms with van der Waals surface area (Å²) >= 11 is 0. The predicted molar refractivity (Wildman–Crippen MR) is 81.5 cm³/mol. The largest absolute Gasteiger partial charge is 0.497 e. The number of benzene rings is 2. The van der Waals surface area contributed by atoms with E-state index in [0.29, 0.717) is 30.2 Å². The molecule has 118 valence electrons. The van der Waals surface area contributed by atoms with Gasteiger partial charge in [0.2, 0.25) is 0 Å². The summed E-state index contributed by atoms with van der Waals surface area (Å²) in [4.78, 5) is 16.8. The molecule has 0 amide bonds. The van der Waals surface area contributed by atoms with Crippen LogP contribution in [0.1, 0.15) is 22.3 Å². The van der Waals surface area contributed by atoms with Crippen molar-refractivity contribution in [3.05, 3.63) is 59.4 Å². The van der Waals surface area contributed by atoms with Crippen molar-refractivity contribution in [2.45, 2.75) is 6.42 Å². The molecule has 6 heteroatoms. The lowest BCUT2D eigenvalue weighted by Gasteiger charge is -2.19. The topological polar surface area (TPSA) is 57.1 Å². The Bertz CT molecular complexity index is 773. The molecular formula is C17H14FNO4. The number of halogens is 1. The van der Waals surface area contributed by atoms with Crippen molar-refractivity contribution in [2.75, 3.05) is 13.7 Å². The van der Waals surface area contributed by atoms with E-state index in [0.717, 1.165) is 5.56 Å². The summed E-state index contributed by atoms with van der Waals surface area (Å²) in [6.45, 7) is 0.413. The number of methoxy groups -OCH3 is 1. The average Bonchev–Trinajstić information content (AvgIpc) is 2.59. The van der Waals surface area contributed by atoms with Crippen molar-refractivity contribution in [1.82, 2.24) is 0 Å². The Balaban J connectivity index is 1.82. The summed E-state index contributed by atoms with van der Waals surface area (Å²) < 4.78 is 24.2. The van der Waals surface area contributed by atoms with E-state index in [-0.39, 0.29) is 5.56 Å². The van der Waals surface area contributed by atoms with Crippen molar-refractivity contribution in [2.24, 2.45) is 5.16 Å². The molecule has 0 radical (unpaired) electrons. The highest BCUT2D eigenvalue weighted by Gasteiger charge is 2.19. The fourth-order valence-corrected chi connectivity index (χ4v) is 2.25. The second-order valence-corrected chi connectivity index (χ2v) is 4.86. The van der Waals surface area contributed by atoms with Gasteiger partial charge < -0.3 is 14.3 Å². The molecule has 5 nitrogen and oxygen atoms in total. The van der Waals surface area contributed by atoms with Crippen molar-refractivity contribution >= 4 is 11.7 Å². The van der Waals surface area contributed by atoms with E-state index in [2.05, 4.69) is 5.16 Å². The van der Waals surface area contributed by atoms with Gasteiger partial charge in [0.25, 0.3) is 0 Å². The van der Waals surface area contributed by atoms with Crippen LogP contribution >= 0.6 is 0 Å². The molecule has 3 rings (SSSR count). The molecule has 1 heterocycles. The van der Waals surface area contributed by atoms with Crippen LogP contribution in [0.25, 0.3) is 0 Å². The minimum Gasteiger partial charge on any atom is -0.497 e. The van der Waals surface area contributed by atoms with Gasteiger partial charge in [-0.15, -0.1) is 0 Å². The highest BCUT2D eigenvalue weighted by molar-refractivity contribution is 6.04. The molecule has 1 aliphatic heterocycles. The Hall–Kier alpha value is -2.89. The van der Waals surface area contributed by atoms with E-state index in [1.54, 1.807) is 31.4 Å². The lowest BCUT2D eigenvalue weighted by molar-refractivity contribution is 0.0509. The maximum Gasteiger partial charge on any atom is 0.368 e. The third-order valence-corrected chi connectivity index (χ3v) is 3.43. The Labute approximate surface area is 132 Å². The summed E-state index contributed by atoms with van der Waals surface area (Å²) in [5, 5.41) is 3.88. The normalized spacial score (nSPS) is 14.8. The molecule has 0 aliphatic carbocycles. The molecule has 2 aromatic rings. The standard InChI is InChI=1S/C17H14FNO4/c1-21-11-6-7-13-15(8-9-22-16(13)10-11)19-23-17(20)12-4-2-3-5-14(12)18/h2-7,10H,8-9H2,1H3/b19-15+. The number of ether oxygens (including phenoxy) is 2. The summed E-state index contributed by atoms with van der Waals surface area (Å²) in [5.74, 6) is -0.211. The zero-order valence-corrected chi connectivity index (χ0v) is 12.4. The number of rotatable bonds is 3. The summed E-state index contributed by atoms with van der Waals surface area (Å²) in [5.41, 5.74) is 1.14. The van der Waals surface area contributed by atoms with Crippen LogP contribution in [-0.4, -0.2) is 25.4 Å².